The first kappa shape index (κ1) is 55.7. The first-order chi connectivity index (χ1) is 13.7. The summed E-state index contributed by atoms with van der Waals surface area (Å²) >= 11 is 2.01. The summed E-state index contributed by atoms with van der Waals surface area (Å²) in [4.78, 5) is 2.33. The molecule has 0 aromatic carbocycles. The van der Waals surface area contributed by atoms with E-state index in [4.69, 9.17) is 4.74 Å². The van der Waals surface area contributed by atoms with Crippen LogP contribution in [0.25, 0.3) is 0 Å². The molecule has 0 saturated heterocycles. The molecule has 2 nitrogen and oxygen atoms in total. The van der Waals surface area contributed by atoms with Crippen molar-refractivity contribution in [2.45, 2.75) is 189 Å². The highest BCUT2D eigenvalue weighted by atomic mass is 32.2. The van der Waals surface area contributed by atoms with Gasteiger partial charge in [0.2, 0.25) is 0 Å². The average molecular weight is 528 g/mol. The van der Waals surface area contributed by atoms with E-state index in [0.29, 0.717) is 29.7 Å². The van der Waals surface area contributed by atoms with Gasteiger partial charge >= 0.3 is 0 Å². The number of thioether (sulfide) groups is 1. The second-order valence-corrected chi connectivity index (χ2v) is 13.6. The van der Waals surface area contributed by atoms with Crippen molar-refractivity contribution >= 4 is 11.8 Å². The van der Waals surface area contributed by atoms with Crippen molar-refractivity contribution in [1.82, 2.24) is 4.90 Å². The summed E-state index contributed by atoms with van der Waals surface area (Å²) in [6.07, 6.45) is 0.750. The molecule has 0 aromatic rings. The van der Waals surface area contributed by atoms with Crippen molar-refractivity contribution in [1.29, 1.82) is 0 Å². The van der Waals surface area contributed by atoms with Gasteiger partial charge in [0, 0.05) is 12.1 Å². The third-order valence-corrected chi connectivity index (χ3v) is 6.78. The van der Waals surface area contributed by atoms with Gasteiger partial charge in [-0.15, -0.1) is 0 Å². The highest BCUT2D eigenvalue weighted by Crippen LogP contribution is 2.33. The van der Waals surface area contributed by atoms with E-state index in [9.17, 15) is 0 Å². The average Bonchev–Trinajstić information content (AvgIpc) is 2.52. The van der Waals surface area contributed by atoms with Gasteiger partial charge in [-0.05, 0) is 90.2 Å². The molecule has 0 heterocycles. The van der Waals surface area contributed by atoms with Crippen LogP contribution in [0.4, 0.5) is 0 Å². The molecular weight excluding hydrogens is 446 g/mol. The van der Waals surface area contributed by atoms with E-state index < -0.39 is 0 Å². The van der Waals surface area contributed by atoms with Gasteiger partial charge in [0.1, 0.15) is 0 Å². The summed E-state index contributed by atoms with van der Waals surface area (Å²) in [5.41, 5.74) is 0.500. The van der Waals surface area contributed by atoms with Gasteiger partial charge in [0.15, 0.2) is 0 Å². The first-order valence-corrected chi connectivity index (χ1v) is 13.7. The van der Waals surface area contributed by atoms with Gasteiger partial charge in [-0.1, -0.05) is 98.9 Å². The number of nitrogens with zero attached hydrogens (tertiary/aromatic N) is 1. The van der Waals surface area contributed by atoms with Crippen molar-refractivity contribution in [3.63, 3.8) is 0 Å². The van der Waals surface area contributed by atoms with Crippen LogP contribution in [-0.4, -0.2) is 46.7 Å². The second kappa shape index (κ2) is 30.5. The maximum absolute atomic E-state index is 5.25. The van der Waals surface area contributed by atoms with Gasteiger partial charge in [-0.2, -0.15) is 11.8 Å². The molecule has 35 heavy (non-hydrogen) atoms. The van der Waals surface area contributed by atoms with Crippen LogP contribution in [-0.2, 0) is 4.74 Å². The maximum atomic E-state index is 5.25. The van der Waals surface area contributed by atoms with Crippen LogP contribution in [0.2, 0.25) is 0 Å². The summed E-state index contributed by atoms with van der Waals surface area (Å²) in [6.45, 7) is 39.7. The molecule has 0 aromatic heterocycles. The van der Waals surface area contributed by atoms with Gasteiger partial charge in [0.25, 0.3) is 0 Å². The standard InChI is InChI=1S/C9H20.C7H17N.C6H14O.C6H14S.4CH4/c1-7(2)9(5,6)8(3)4;1-6(2)8(5)7(3)4;2*1-5(2)7-6(3)4;;;;/h7-8H,1-6H3;6-7H,1-5H3;2*5-6H,1-4H3;4*1H4. The van der Waals surface area contributed by atoms with Crippen molar-refractivity contribution in [3.05, 3.63) is 0 Å². The van der Waals surface area contributed by atoms with E-state index in [1.54, 1.807) is 0 Å². The fourth-order valence-corrected chi connectivity index (χ4v) is 3.44. The molecule has 0 amide bonds. The van der Waals surface area contributed by atoms with Gasteiger partial charge < -0.3 is 9.64 Å². The zero-order chi connectivity index (χ0) is 26.1. The smallest absolute Gasteiger partial charge is 0.0522 e. The predicted molar refractivity (Wildman–Crippen MR) is 178 cm³/mol. The van der Waals surface area contributed by atoms with Crippen LogP contribution < -0.4 is 0 Å². The Hall–Kier alpha value is 0.270. The fraction of sp³-hybridized carbons (Fsp3) is 1.00. The zero-order valence-corrected chi connectivity index (χ0v) is 26.2. The van der Waals surface area contributed by atoms with Crippen LogP contribution in [0.15, 0.2) is 0 Å². The molecule has 0 atom stereocenters. The molecule has 3 heteroatoms. The molecule has 0 rings (SSSR count). The Balaban J connectivity index is -0.0000000448. The Morgan fingerprint density at radius 1 is 0.514 bits per heavy atom. The van der Waals surface area contributed by atoms with Crippen LogP contribution in [0.3, 0.4) is 0 Å². The monoisotopic (exact) mass is 528 g/mol. The maximum Gasteiger partial charge on any atom is 0.0522 e. The molecule has 0 saturated carbocycles. The third kappa shape index (κ3) is 44.7. The highest BCUT2D eigenvalue weighted by molar-refractivity contribution is 8.00. The van der Waals surface area contributed by atoms with E-state index in [0.717, 1.165) is 22.3 Å². The third-order valence-electron chi connectivity index (χ3n) is 5.69. The lowest BCUT2D eigenvalue weighted by atomic mass is 9.72. The van der Waals surface area contributed by atoms with Crippen molar-refractivity contribution in [2.24, 2.45) is 17.3 Å². The van der Waals surface area contributed by atoms with Crippen LogP contribution in [0.5, 0.6) is 0 Å². The Kier molecular flexibility index (Phi) is 48.5. The molecule has 0 unspecified atom stereocenters. The minimum Gasteiger partial charge on any atom is -0.376 e. The lowest BCUT2D eigenvalue weighted by molar-refractivity contribution is 0.0300. The topological polar surface area (TPSA) is 12.5 Å². The largest absolute Gasteiger partial charge is 0.376 e. The molecule has 0 bridgehead atoms. The van der Waals surface area contributed by atoms with E-state index in [2.05, 4.69) is 109 Å². The van der Waals surface area contributed by atoms with Crippen molar-refractivity contribution in [2.75, 3.05) is 7.05 Å². The van der Waals surface area contributed by atoms with E-state index in [1.807, 2.05) is 39.5 Å². The minimum absolute atomic E-state index is 0. The molecule has 0 aliphatic rings. The minimum atomic E-state index is 0. The van der Waals surface area contributed by atoms with Gasteiger partial charge in [0.05, 0.1) is 12.2 Å². The van der Waals surface area contributed by atoms with Crippen molar-refractivity contribution in [3.8, 4) is 0 Å². The van der Waals surface area contributed by atoms with E-state index in [1.165, 1.54) is 0 Å². The quantitative estimate of drug-likeness (QED) is 0.311. The number of ether oxygens (including phenoxy) is 1. The molecule has 0 spiro atoms. The van der Waals surface area contributed by atoms with E-state index in [-0.39, 0.29) is 29.7 Å². The molecule has 0 radical (unpaired) electrons. The summed E-state index contributed by atoms with van der Waals surface area (Å²) in [5, 5.41) is 1.58. The van der Waals surface area contributed by atoms with E-state index >= 15 is 0 Å². The van der Waals surface area contributed by atoms with Crippen LogP contribution in [0, 0.1) is 17.3 Å². The van der Waals surface area contributed by atoms with Gasteiger partial charge in [-0.25, -0.2) is 0 Å². The lowest BCUT2D eigenvalue weighted by Crippen LogP contribution is -2.32. The molecule has 226 valence electrons. The Labute approximate surface area is 234 Å². The Morgan fingerprint density at radius 3 is 0.743 bits per heavy atom. The summed E-state index contributed by atoms with van der Waals surface area (Å²) in [6, 6.07) is 1.35. The number of hydrogen-bond acceptors (Lipinski definition) is 3. The Bertz CT molecular complexity index is 315. The first-order valence-electron chi connectivity index (χ1n) is 12.7. The van der Waals surface area contributed by atoms with Gasteiger partial charge in [-0.3, -0.25) is 0 Å². The fourth-order valence-electron chi connectivity index (χ4n) is 2.35. The number of rotatable bonds is 8. The molecule has 0 aliphatic heterocycles. The summed E-state index contributed by atoms with van der Waals surface area (Å²) in [7, 11) is 2.15. The van der Waals surface area contributed by atoms with Crippen LogP contribution >= 0.6 is 11.8 Å². The second-order valence-electron chi connectivity index (χ2n) is 11.5. The molecule has 0 fully saturated rings. The predicted octanol–water partition coefficient (Wildman–Crippen LogP) is 12.0. The van der Waals surface area contributed by atoms with Crippen LogP contribution in [0.1, 0.15) is 154 Å². The zero-order valence-electron chi connectivity index (χ0n) is 25.4. The summed E-state index contributed by atoms with van der Waals surface area (Å²) in [5.74, 6) is 1.58. The number of hydrogen-bond donors (Lipinski definition) is 0. The lowest BCUT2D eigenvalue weighted by Gasteiger charge is -2.33. The molecule has 0 aliphatic carbocycles. The highest BCUT2D eigenvalue weighted by Gasteiger charge is 2.25. The Morgan fingerprint density at radius 2 is 0.743 bits per heavy atom. The normalized spacial score (nSPS) is 10.6. The SMILES string of the molecule is C.C.C.C.CC(C)C(C)(C)C(C)C.CC(C)N(C)C(C)C.CC(C)OC(C)C.CC(C)SC(C)C. The molecular formula is C32H81NOS. The molecule has 0 N–H and O–H groups in total. The summed E-state index contributed by atoms with van der Waals surface area (Å²) < 4.78 is 5.25. The van der Waals surface area contributed by atoms with Crippen molar-refractivity contribution < 1.29 is 4.74 Å².